The van der Waals surface area contributed by atoms with E-state index < -0.39 is 0 Å². The van der Waals surface area contributed by atoms with Crippen LogP contribution in [0.25, 0.3) is 0 Å². The molecule has 1 heterocycles. The maximum absolute atomic E-state index is 12.3. The van der Waals surface area contributed by atoms with Crippen molar-refractivity contribution in [3.05, 3.63) is 0 Å². The van der Waals surface area contributed by atoms with Crippen molar-refractivity contribution in [2.45, 2.75) is 38.6 Å². The Morgan fingerprint density at radius 1 is 1.41 bits per heavy atom. The molecule has 1 aliphatic heterocycles. The zero-order valence-corrected chi connectivity index (χ0v) is 10.7. The quantitative estimate of drug-likeness (QED) is 0.797. The van der Waals surface area contributed by atoms with Crippen molar-refractivity contribution in [2.75, 3.05) is 26.3 Å². The molecule has 2 aliphatic rings. The Morgan fingerprint density at radius 3 is 2.88 bits per heavy atom. The van der Waals surface area contributed by atoms with Gasteiger partial charge in [0.2, 0.25) is 5.91 Å². The highest BCUT2D eigenvalue weighted by molar-refractivity contribution is 5.80. The second-order valence-electron chi connectivity index (χ2n) is 5.30. The summed E-state index contributed by atoms with van der Waals surface area (Å²) in [5.74, 6) is 0.895. The number of carbonyl (C=O) groups is 1. The molecule has 1 amide bonds. The molecule has 4 nitrogen and oxygen atoms in total. The average molecular weight is 240 g/mol. The van der Waals surface area contributed by atoms with Crippen molar-refractivity contribution < 1.29 is 9.53 Å². The molecule has 98 valence electrons. The Bertz CT molecular complexity index is 270. The first-order chi connectivity index (χ1) is 8.22. The highest BCUT2D eigenvalue weighted by Gasteiger charge is 2.36. The number of hydrogen-bond donors (Lipinski definition) is 1. The van der Waals surface area contributed by atoms with Crippen LogP contribution in [0.2, 0.25) is 0 Å². The van der Waals surface area contributed by atoms with E-state index in [1.807, 2.05) is 11.8 Å². The Labute approximate surface area is 103 Å². The molecule has 0 aromatic heterocycles. The zero-order valence-electron chi connectivity index (χ0n) is 10.7. The van der Waals surface area contributed by atoms with Crippen LogP contribution in [0.3, 0.4) is 0 Å². The lowest BCUT2D eigenvalue weighted by atomic mass is 10.0. The Morgan fingerprint density at radius 2 is 2.24 bits per heavy atom. The summed E-state index contributed by atoms with van der Waals surface area (Å²) >= 11 is 0. The molecular weight excluding hydrogens is 216 g/mol. The topological polar surface area (TPSA) is 55.6 Å². The highest BCUT2D eigenvalue weighted by atomic mass is 16.5. The molecule has 2 fully saturated rings. The third-order valence-corrected chi connectivity index (χ3v) is 4.04. The summed E-state index contributed by atoms with van der Waals surface area (Å²) in [6, 6.07) is 0.0911. The summed E-state index contributed by atoms with van der Waals surface area (Å²) in [4.78, 5) is 14.3. The molecule has 0 bridgehead atoms. The van der Waals surface area contributed by atoms with Gasteiger partial charge in [-0.2, -0.15) is 0 Å². The van der Waals surface area contributed by atoms with Crippen LogP contribution in [0.4, 0.5) is 0 Å². The van der Waals surface area contributed by atoms with Crippen LogP contribution in [-0.4, -0.2) is 43.2 Å². The van der Waals surface area contributed by atoms with Crippen LogP contribution in [0, 0.1) is 11.8 Å². The molecule has 0 aromatic rings. The van der Waals surface area contributed by atoms with Crippen molar-refractivity contribution in [3.8, 4) is 0 Å². The fraction of sp³-hybridized carbons (Fsp3) is 0.923. The van der Waals surface area contributed by atoms with Crippen molar-refractivity contribution in [2.24, 2.45) is 17.6 Å². The van der Waals surface area contributed by atoms with Crippen LogP contribution in [-0.2, 0) is 9.53 Å². The van der Waals surface area contributed by atoms with Gasteiger partial charge < -0.3 is 15.4 Å². The summed E-state index contributed by atoms with van der Waals surface area (Å²) in [6.07, 6.45) is 4.17. The summed E-state index contributed by atoms with van der Waals surface area (Å²) < 4.78 is 5.43. The van der Waals surface area contributed by atoms with Gasteiger partial charge in [-0.3, -0.25) is 4.79 Å². The van der Waals surface area contributed by atoms with E-state index in [1.54, 1.807) is 0 Å². The lowest BCUT2D eigenvalue weighted by Crippen LogP contribution is -2.40. The first kappa shape index (κ1) is 12.8. The molecule has 1 saturated carbocycles. The first-order valence-electron chi connectivity index (χ1n) is 6.84. The predicted molar refractivity (Wildman–Crippen MR) is 66.5 cm³/mol. The Balaban J connectivity index is 1.81. The van der Waals surface area contributed by atoms with E-state index in [0.717, 1.165) is 52.0 Å². The van der Waals surface area contributed by atoms with E-state index in [0.29, 0.717) is 5.92 Å². The smallest absolute Gasteiger partial charge is 0.227 e. The standard InChI is InChI=1S/C13H24N2O2/c1-2-17-9-10-6-7-15(8-10)13(16)11-4-3-5-12(11)14/h10-12H,2-9,14H2,1H3/t10-,11-,12-/m1/s1. The summed E-state index contributed by atoms with van der Waals surface area (Å²) in [6.45, 7) is 5.31. The summed E-state index contributed by atoms with van der Waals surface area (Å²) in [7, 11) is 0. The Hall–Kier alpha value is -0.610. The van der Waals surface area contributed by atoms with E-state index >= 15 is 0 Å². The van der Waals surface area contributed by atoms with Gasteiger partial charge in [0.15, 0.2) is 0 Å². The monoisotopic (exact) mass is 240 g/mol. The lowest BCUT2D eigenvalue weighted by molar-refractivity contribution is -0.134. The van der Waals surface area contributed by atoms with Gasteiger partial charge in [-0.25, -0.2) is 0 Å². The number of likely N-dealkylation sites (tertiary alicyclic amines) is 1. The highest BCUT2D eigenvalue weighted by Crippen LogP contribution is 2.28. The maximum Gasteiger partial charge on any atom is 0.227 e. The summed E-state index contributed by atoms with van der Waals surface area (Å²) in [5.41, 5.74) is 5.99. The molecular formula is C13H24N2O2. The number of ether oxygens (including phenoxy) is 1. The van der Waals surface area contributed by atoms with Gasteiger partial charge in [0.25, 0.3) is 0 Å². The van der Waals surface area contributed by atoms with Gasteiger partial charge in [0, 0.05) is 31.7 Å². The number of nitrogens with two attached hydrogens (primary N) is 1. The van der Waals surface area contributed by atoms with Gasteiger partial charge in [-0.15, -0.1) is 0 Å². The minimum absolute atomic E-state index is 0.0841. The van der Waals surface area contributed by atoms with Crippen molar-refractivity contribution in [3.63, 3.8) is 0 Å². The number of nitrogens with zero attached hydrogens (tertiary/aromatic N) is 1. The molecule has 0 aromatic carbocycles. The molecule has 4 heteroatoms. The molecule has 0 radical (unpaired) electrons. The van der Waals surface area contributed by atoms with Crippen molar-refractivity contribution in [1.82, 2.24) is 4.90 Å². The van der Waals surface area contributed by atoms with Crippen LogP contribution in [0.15, 0.2) is 0 Å². The molecule has 2 N–H and O–H groups in total. The SMILES string of the molecule is CCOC[C@@H]1CCN(C(=O)[C@@H]2CCC[C@H]2N)C1. The van der Waals surface area contributed by atoms with Gasteiger partial charge in [-0.1, -0.05) is 6.42 Å². The fourth-order valence-electron chi connectivity index (χ4n) is 2.98. The fourth-order valence-corrected chi connectivity index (χ4v) is 2.98. The van der Waals surface area contributed by atoms with Crippen LogP contribution >= 0.6 is 0 Å². The molecule has 2 rings (SSSR count). The lowest BCUT2D eigenvalue weighted by Gasteiger charge is -2.23. The first-order valence-corrected chi connectivity index (χ1v) is 6.84. The molecule has 3 atom stereocenters. The third-order valence-electron chi connectivity index (χ3n) is 4.04. The minimum atomic E-state index is 0.0841. The van der Waals surface area contributed by atoms with Crippen LogP contribution in [0.1, 0.15) is 32.6 Å². The van der Waals surface area contributed by atoms with E-state index in [9.17, 15) is 4.79 Å². The number of carbonyl (C=O) groups excluding carboxylic acids is 1. The Kier molecular flexibility index (Phi) is 4.40. The minimum Gasteiger partial charge on any atom is -0.381 e. The van der Waals surface area contributed by atoms with Gasteiger partial charge >= 0.3 is 0 Å². The van der Waals surface area contributed by atoms with Gasteiger partial charge in [-0.05, 0) is 26.2 Å². The van der Waals surface area contributed by atoms with Gasteiger partial charge in [0.05, 0.1) is 12.5 Å². The van der Waals surface area contributed by atoms with Crippen LogP contribution in [0.5, 0.6) is 0 Å². The maximum atomic E-state index is 12.3. The predicted octanol–water partition coefficient (Wildman–Crippen LogP) is 0.999. The summed E-state index contributed by atoms with van der Waals surface area (Å²) in [5, 5.41) is 0. The third kappa shape index (κ3) is 2.99. The van der Waals surface area contributed by atoms with E-state index in [4.69, 9.17) is 10.5 Å². The molecule has 1 saturated heterocycles. The number of hydrogen-bond acceptors (Lipinski definition) is 3. The van der Waals surface area contributed by atoms with Gasteiger partial charge in [0.1, 0.15) is 0 Å². The van der Waals surface area contributed by atoms with E-state index in [2.05, 4.69) is 0 Å². The van der Waals surface area contributed by atoms with Crippen molar-refractivity contribution >= 4 is 5.91 Å². The molecule has 1 aliphatic carbocycles. The second-order valence-corrected chi connectivity index (χ2v) is 5.30. The van der Waals surface area contributed by atoms with Crippen LogP contribution < -0.4 is 5.73 Å². The second kappa shape index (κ2) is 5.83. The average Bonchev–Trinajstić information content (AvgIpc) is 2.94. The molecule has 0 spiro atoms. The van der Waals surface area contributed by atoms with E-state index in [-0.39, 0.29) is 17.9 Å². The normalized spacial score (nSPS) is 33.3. The zero-order chi connectivity index (χ0) is 12.3. The van der Waals surface area contributed by atoms with E-state index in [1.165, 1.54) is 0 Å². The largest absolute Gasteiger partial charge is 0.381 e. The number of rotatable bonds is 4. The number of amides is 1. The molecule has 0 unspecified atom stereocenters. The molecule has 17 heavy (non-hydrogen) atoms. The van der Waals surface area contributed by atoms with Crippen molar-refractivity contribution in [1.29, 1.82) is 0 Å².